The van der Waals surface area contributed by atoms with E-state index >= 15 is 0 Å². The van der Waals surface area contributed by atoms with Crippen LogP contribution in [0.25, 0.3) is 0 Å². The molecule has 4 heteroatoms. The topological polar surface area (TPSA) is 31.2 Å². The summed E-state index contributed by atoms with van der Waals surface area (Å²) in [7, 11) is 0. The van der Waals surface area contributed by atoms with E-state index in [0.717, 1.165) is 11.4 Å². The zero-order chi connectivity index (χ0) is 20.4. The molecule has 0 aromatic heterocycles. The fraction of sp³-hybridized carbons (Fsp3) is 0.0769. The van der Waals surface area contributed by atoms with Crippen LogP contribution in [0.15, 0.2) is 132 Å². The lowest BCUT2D eigenvalue weighted by atomic mass is 10.2. The Morgan fingerprint density at radius 1 is 0.400 bits per heavy atom. The first-order chi connectivity index (χ1) is 14.9. The summed E-state index contributed by atoms with van der Waals surface area (Å²) < 4.78 is 0. The highest BCUT2D eigenvalue weighted by molar-refractivity contribution is 5.47. The molecule has 0 saturated carbocycles. The fourth-order valence-electron chi connectivity index (χ4n) is 3.16. The molecule has 4 aromatic rings. The molecular weight excluding hydrogens is 368 g/mol. The molecule has 4 nitrogen and oxygen atoms in total. The summed E-state index contributed by atoms with van der Waals surface area (Å²) in [6.07, 6.45) is 0. The van der Waals surface area contributed by atoms with E-state index in [1.54, 1.807) is 0 Å². The summed E-state index contributed by atoms with van der Waals surface area (Å²) in [5.41, 5.74) is 4.35. The molecule has 0 heterocycles. The van der Waals surface area contributed by atoms with Crippen molar-refractivity contribution in [2.45, 2.75) is 13.1 Å². The first-order valence-corrected chi connectivity index (χ1v) is 10.0. The van der Waals surface area contributed by atoms with Crippen LogP contribution in [0.3, 0.4) is 0 Å². The Morgan fingerprint density at radius 3 is 1.03 bits per heavy atom. The second-order valence-electron chi connectivity index (χ2n) is 6.94. The largest absolute Gasteiger partial charge is 0.241 e. The van der Waals surface area contributed by atoms with E-state index in [0.29, 0.717) is 13.1 Å². The molecule has 148 valence electrons. The number of hydrogen-bond donors (Lipinski definition) is 0. The molecule has 0 atom stereocenters. The number of hydrogen-bond acceptors (Lipinski definition) is 2. The van der Waals surface area contributed by atoms with Crippen LogP contribution in [0.2, 0.25) is 0 Å². The van der Waals surface area contributed by atoms with Crippen LogP contribution >= 0.6 is 0 Å². The van der Waals surface area contributed by atoms with Crippen LogP contribution < -0.4 is 10.0 Å². The summed E-state index contributed by atoms with van der Waals surface area (Å²) in [6, 6.07) is 40.9. The van der Waals surface area contributed by atoms with Crippen molar-refractivity contribution in [3.8, 4) is 0 Å². The first kappa shape index (κ1) is 19.4. The number of anilines is 2. The smallest absolute Gasteiger partial charge is 0.0684 e. The van der Waals surface area contributed by atoms with E-state index in [1.165, 1.54) is 11.1 Å². The average molecular weight is 393 g/mol. The minimum atomic E-state index is 0.641. The predicted octanol–water partition coefficient (Wildman–Crippen LogP) is 6.68. The number of para-hydroxylation sites is 2. The SMILES string of the molecule is c1ccc(CN(N=NN(Cc2ccccc2)c2ccccc2)c2ccccc2)cc1. The monoisotopic (exact) mass is 392 g/mol. The van der Waals surface area contributed by atoms with Gasteiger partial charge >= 0.3 is 0 Å². The average Bonchev–Trinajstić information content (AvgIpc) is 2.83. The highest BCUT2D eigenvalue weighted by Crippen LogP contribution is 2.21. The van der Waals surface area contributed by atoms with Crippen molar-refractivity contribution in [1.29, 1.82) is 0 Å². The van der Waals surface area contributed by atoms with Crippen LogP contribution in [-0.2, 0) is 13.1 Å². The van der Waals surface area contributed by atoms with Crippen molar-refractivity contribution in [2.75, 3.05) is 10.0 Å². The lowest BCUT2D eigenvalue weighted by molar-refractivity contribution is 0.714. The van der Waals surface area contributed by atoms with Gasteiger partial charge in [0.15, 0.2) is 0 Å². The minimum absolute atomic E-state index is 0.641. The summed E-state index contributed by atoms with van der Waals surface area (Å²) in [6.45, 7) is 1.28. The lowest BCUT2D eigenvalue weighted by Gasteiger charge is -2.22. The van der Waals surface area contributed by atoms with E-state index in [1.807, 2.05) is 107 Å². The van der Waals surface area contributed by atoms with Crippen LogP contribution in [0.1, 0.15) is 11.1 Å². The van der Waals surface area contributed by atoms with Gasteiger partial charge in [-0.1, -0.05) is 97.1 Å². The van der Waals surface area contributed by atoms with E-state index in [2.05, 4.69) is 34.7 Å². The Morgan fingerprint density at radius 2 is 0.700 bits per heavy atom. The van der Waals surface area contributed by atoms with Gasteiger partial charge in [-0.3, -0.25) is 0 Å². The molecular formula is C26H24N4. The second-order valence-corrected chi connectivity index (χ2v) is 6.94. The second kappa shape index (κ2) is 10.0. The van der Waals surface area contributed by atoms with Crippen molar-refractivity contribution in [1.82, 2.24) is 0 Å². The molecule has 0 aliphatic rings. The normalized spacial score (nSPS) is 10.8. The first-order valence-electron chi connectivity index (χ1n) is 10.0. The third-order valence-corrected chi connectivity index (χ3v) is 4.71. The molecule has 0 aliphatic heterocycles. The van der Waals surface area contributed by atoms with Crippen LogP contribution in [0, 0.1) is 0 Å². The van der Waals surface area contributed by atoms with Crippen LogP contribution in [-0.4, -0.2) is 0 Å². The van der Waals surface area contributed by atoms with Gasteiger partial charge in [-0.15, -0.1) is 0 Å². The van der Waals surface area contributed by atoms with Gasteiger partial charge in [0.25, 0.3) is 0 Å². The van der Waals surface area contributed by atoms with E-state index < -0.39 is 0 Å². The molecule has 30 heavy (non-hydrogen) atoms. The van der Waals surface area contributed by atoms with Crippen LogP contribution in [0.5, 0.6) is 0 Å². The van der Waals surface area contributed by atoms with Crippen molar-refractivity contribution in [2.24, 2.45) is 10.4 Å². The molecule has 0 unspecified atom stereocenters. The maximum atomic E-state index is 4.65. The zero-order valence-corrected chi connectivity index (χ0v) is 16.8. The van der Waals surface area contributed by atoms with Crippen LogP contribution in [0.4, 0.5) is 11.4 Å². The number of benzene rings is 4. The predicted molar refractivity (Wildman–Crippen MR) is 123 cm³/mol. The van der Waals surface area contributed by atoms with Gasteiger partial charge in [-0.2, -0.15) is 0 Å². The van der Waals surface area contributed by atoms with Gasteiger partial charge in [0.1, 0.15) is 0 Å². The van der Waals surface area contributed by atoms with Crippen molar-refractivity contribution in [3.63, 3.8) is 0 Å². The summed E-state index contributed by atoms with van der Waals surface area (Å²) in [4.78, 5) is 0. The van der Waals surface area contributed by atoms with E-state index in [4.69, 9.17) is 0 Å². The molecule has 0 bridgehead atoms. The molecule has 0 aliphatic carbocycles. The van der Waals surface area contributed by atoms with Crippen molar-refractivity contribution in [3.05, 3.63) is 132 Å². The lowest BCUT2D eigenvalue weighted by Crippen LogP contribution is -2.19. The number of rotatable bonds is 8. The molecule has 0 saturated heterocycles. The Bertz CT molecular complexity index is 948. The molecule has 0 N–H and O–H groups in total. The maximum absolute atomic E-state index is 4.65. The van der Waals surface area contributed by atoms with Gasteiger partial charge in [0.05, 0.1) is 24.5 Å². The standard InChI is InChI=1S/C26H24N4/c1-5-13-23(14-6-1)21-29(25-17-9-3-10-18-25)27-28-30(26-19-11-4-12-20-26)22-24-15-7-2-8-16-24/h1-20H,21-22H2. The Labute approximate surface area is 177 Å². The Kier molecular flexibility index (Phi) is 6.48. The highest BCUT2D eigenvalue weighted by Gasteiger charge is 2.10. The zero-order valence-electron chi connectivity index (χ0n) is 16.8. The van der Waals surface area contributed by atoms with E-state index in [9.17, 15) is 0 Å². The maximum Gasteiger partial charge on any atom is 0.0684 e. The molecule has 4 rings (SSSR count). The summed E-state index contributed by atoms with van der Waals surface area (Å²) in [5.74, 6) is 0. The molecule has 4 aromatic carbocycles. The van der Waals surface area contributed by atoms with Gasteiger partial charge in [0, 0.05) is 0 Å². The quantitative estimate of drug-likeness (QED) is 0.247. The molecule has 0 fully saturated rings. The summed E-state index contributed by atoms with van der Waals surface area (Å²) >= 11 is 0. The summed E-state index contributed by atoms with van der Waals surface area (Å²) in [5, 5.41) is 13.1. The third kappa shape index (κ3) is 5.32. The van der Waals surface area contributed by atoms with Gasteiger partial charge in [-0.05, 0) is 45.8 Å². The highest BCUT2D eigenvalue weighted by atomic mass is 15.7. The molecule has 0 radical (unpaired) electrons. The number of nitrogens with zero attached hydrogens (tertiary/aromatic N) is 4. The van der Waals surface area contributed by atoms with Gasteiger partial charge in [-0.25, -0.2) is 10.0 Å². The molecule has 0 amide bonds. The Hall–Kier alpha value is -3.92. The third-order valence-electron chi connectivity index (χ3n) is 4.71. The van der Waals surface area contributed by atoms with Gasteiger partial charge in [0.2, 0.25) is 0 Å². The van der Waals surface area contributed by atoms with Crippen molar-refractivity contribution >= 4 is 11.4 Å². The molecule has 0 spiro atoms. The Balaban J connectivity index is 1.63. The van der Waals surface area contributed by atoms with Crippen molar-refractivity contribution < 1.29 is 0 Å². The van der Waals surface area contributed by atoms with E-state index in [-0.39, 0.29) is 0 Å². The fourth-order valence-corrected chi connectivity index (χ4v) is 3.16. The minimum Gasteiger partial charge on any atom is -0.241 e. The van der Waals surface area contributed by atoms with Gasteiger partial charge < -0.3 is 0 Å².